The highest BCUT2D eigenvalue weighted by molar-refractivity contribution is 7.86. The zero-order chi connectivity index (χ0) is 21.4. The maximum atomic E-state index is 13.1. The third-order valence-corrected chi connectivity index (χ3v) is 4.71. The summed E-state index contributed by atoms with van der Waals surface area (Å²) in [6.07, 6.45) is 1.16. The number of hydrogen-bond donors (Lipinski definition) is 3. The van der Waals surface area contributed by atoms with Crippen LogP contribution >= 0.6 is 0 Å². The van der Waals surface area contributed by atoms with Gasteiger partial charge in [-0.2, -0.15) is 8.42 Å². The highest BCUT2D eigenvalue weighted by Crippen LogP contribution is 2.11. The van der Waals surface area contributed by atoms with Gasteiger partial charge in [-0.1, -0.05) is 41.5 Å². The standard InChI is InChI=1S/C18H36FN3O4S/c1-11(2)7-14(10-27(19,25)26)21-18(24)16(9-13(5)6)22-17(23)15(20)8-12(3)4/h11-16H,7-10,20H2,1-6H3,(H,21,24)(H,22,23)/t14-,15-,16-/m0/s1. The maximum Gasteiger partial charge on any atom is 0.304 e. The van der Waals surface area contributed by atoms with Crippen LogP contribution in [0, 0.1) is 17.8 Å². The Balaban J connectivity index is 5.18. The molecule has 0 radical (unpaired) electrons. The molecule has 0 fully saturated rings. The third kappa shape index (κ3) is 12.7. The summed E-state index contributed by atoms with van der Waals surface area (Å²) >= 11 is 0. The second-order valence-electron chi connectivity index (χ2n) is 8.47. The summed E-state index contributed by atoms with van der Waals surface area (Å²) in [7, 11) is -4.74. The normalized spacial score (nSPS) is 15.7. The lowest BCUT2D eigenvalue weighted by Crippen LogP contribution is -2.54. The van der Waals surface area contributed by atoms with Crippen molar-refractivity contribution in [2.75, 3.05) is 5.75 Å². The quantitative estimate of drug-likeness (QED) is 0.424. The number of nitrogens with two attached hydrogens (primary N) is 1. The molecule has 0 saturated heterocycles. The zero-order valence-electron chi connectivity index (χ0n) is 17.3. The Morgan fingerprint density at radius 1 is 0.852 bits per heavy atom. The molecular formula is C18H36FN3O4S. The van der Waals surface area contributed by atoms with E-state index in [1.165, 1.54) is 0 Å². The fourth-order valence-corrected chi connectivity index (χ4v) is 3.58. The van der Waals surface area contributed by atoms with Crippen LogP contribution in [-0.2, 0) is 19.8 Å². The van der Waals surface area contributed by atoms with Gasteiger partial charge in [-0.25, -0.2) is 0 Å². The topological polar surface area (TPSA) is 118 Å². The first-order chi connectivity index (χ1) is 12.2. The minimum absolute atomic E-state index is 0.0645. The fraction of sp³-hybridized carbons (Fsp3) is 0.889. The van der Waals surface area contributed by atoms with Crippen LogP contribution in [0.2, 0.25) is 0 Å². The van der Waals surface area contributed by atoms with Crippen LogP contribution < -0.4 is 16.4 Å². The van der Waals surface area contributed by atoms with Crippen molar-refractivity contribution in [3.63, 3.8) is 0 Å². The van der Waals surface area contributed by atoms with Gasteiger partial charge in [0.1, 0.15) is 11.8 Å². The molecule has 3 atom stereocenters. The molecule has 0 aliphatic carbocycles. The van der Waals surface area contributed by atoms with Crippen molar-refractivity contribution in [3.8, 4) is 0 Å². The summed E-state index contributed by atoms with van der Waals surface area (Å²) in [5.74, 6) is -1.34. The van der Waals surface area contributed by atoms with Crippen LogP contribution in [0.4, 0.5) is 3.89 Å². The van der Waals surface area contributed by atoms with E-state index in [-0.39, 0.29) is 17.8 Å². The molecule has 0 aliphatic rings. The first-order valence-corrected chi connectivity index (χ1v) is 11.0. The summed E-state index contributed by atoms with van der Waals surface area (Å²) < 4.78 is 35.2. The molecule has 0 aromatic heterocycles. The van der Waals surface area contributed by atoms with E-state index in [1.54, 1.807) is 0 Å². The van der Waals surface area contributed by atoms with E-state index in [1.807, 2.05) is 41.5 Å². The van der Waals surface area contributed by atoms with Gasteiger partial charge >= 0.3 is 10.2 Å². The molecule has 0 rings (SSSR count). The smallest absolute Gasteiger partial charge is 0.304 e. The van der Waals surface area contributed by atoms with E-state index >= 15 is 0 Å². The molecule has 4 N–H and O–H groups in total. The van der Waals surface area contributed by atoms with Gasteiger partial charge in [0, 0.05) is 6.04 Å². The van der Waals surface area contributed by atoms with Gasteiger partial charge in [0.05, 0.1) is 6.04 Å². The number of amides is 2. The molecule has 0 heterocycles. The van der Waals surface area contributed by atoms with Crippen molar-refractivity contribution < 1.29 is 21.9 Å². The first-order valence-electron chi connectivity index (χ1n) is 9.49. The largest absolute Gasteiger partial charge is 0.350 e. The molecule has 2 amide bonds. The van der Waals surface area contributed by atoms with Gasteiger partial charge in [0.15, 0.2) is 0 Å². The lowest BCUT2D eigenvalue weighted by Gasteiger charge is -2.26. The van der Waals surface area contributed by atoms with E-state index in [4.69, 9.17) is 5.73 Å². The average Bonchev–Trinajstić information content (AvgIpc) is 2.42. The number of hydrogen-bond acceptors (Lipinski definition) is 5. The van der Waals surface area contributed by atoms with Crippen LogP contribution in [0.15, 0.2) is 0 Å². The number of carbonyl (C=O) groups is 2. The monoisotopic (exact) mass is 409 g/mol. The second kappa shape index (κ2) is 11.6. The summed E-state index contributed by atoms with van der Waals surface area (Å²) in [6, 6.07) is -2.44. The van der Waals surface area contributed by atoms with Gasteiger partial charge in [-0.15, -0.1) is 3.89 Å². The van der Waals surface area contributed by atoms with E-state index in [9.17, 15) is 21.9 Å². The summed E-state index contributed by atoms with van der Waals surface area (Å²) in [5, 5.41) is 5.24. The van der Waals surface area contributed by atoms with Crippen LogP contribution in [0.1, 0.15) is 60.8 Å². The molecule has 160 valence electrons. The highest BCUT2D eigenvalue weighted by atomic mass is 32.3. The van der Waals surface area contributed by atoms with Crippen molar-refractivity contribution in [3.05, 3.63) is 0 Å². The summed E-state index contributed by atoms with van der Waals surface area (Å²) in [4.78, 5) is 24.9. The molecule has 7 nitrogen and oxygen atoms in total. The predicted molar refractivity (Wildman–Crippen MR) is 105 cm³/mol. The van der Waals surface area contributed by atoms with E-state index in [0.717, 1.165) is 0 Å². The molecule has 0 spiro atoms. The lowest BCUT2D eigenvalue weighted by molar-refractivity contribution is -0.130. The van der Waals surface area contributed by atoms with Crippen molar-refractivity contribution in [1.82, 2.24) is 10.6 Å². The molecular weight excluding hydrogens is 373 g/mol. The van der Waals surface area contributed by atoms with Crippen LogP contribution in [0.5, 0.6) is 0 Å². The van der Waals surface area contributed by atoms with E-state index < -0.39 is 45.9 Å². The molecule has 27 heavy (non-hydrogen) atoms. The Bertz CT molecular complexity index is 579. The van der Waals surface area contributed by atoms with Gasteiger partial charge < -0.3 is 16.4 Å². The van der Waals surface area contributed by atoms with Gasteiger partial charge in [-0.3, -0.25) is 9.59 Å². The molecule has 0 aromatic carbocycles. The predicted octanol–water partition coefficient (Wildman–Crippen LogP) is 1.72. The SMILES string of the molecule is CC(C)C[C@@H](CS(=O)(=O)F)NC(=O)[C@H](CC(C)C)NC(=O)[C@@H](N)CC(C)C. The fourth-order valence-electron chi connectivity index (χ4n) is 2.88. The maximum absolute atomic E-state index is 13.1. The molecule has 0 saturated carbocycles. The third-order valence-electron chi connectivity index (χ3n) is 3.90. The molecule has 9 heteroatoms. The number of nitrogens with one attached hydrogen (secondary N) is 2. The number of rotatable bonds is 12. The highest BCUT2D eigenvalue weighted by Gasteiger charge is 2.28. The summed E-state index contributed by atoms with van der Waals surface area (Å²) in [5.41, 5.74) is 5.88. The van der Waals surface area contributed by atoms with Gasteiger partial charge in [0.2, 0.25) is 11.8 Å². The second-order valence-corrected chi connectivity index (χ2v) is 9.88. The Hall–Kier alpha value is -1.22. The Kier molecular flexibility index (Phi) is 11.1. The van der Waals surface area contributed by atoms with Crippen molar-refractivity contribution in [2.24, 2.45) is 23.5 Å². The Morgan fingerprint density at radius 3 is 1.74 bits per heavy atom. The van der Waals surface area contributed by atoms with E-state index in [2.05, 4.69) is 10.6 Å². The van der Waals surface area contributed by atoms with Crippen molar-refractivity contribution >= 4 is 22.0 Å². The van der Waals surface area contributed by atoms with Crippen molar-refractivity contribution in [1.29, 1.82) is 0 Å². The molecule has 0 unspecified atom stereocenters. The van der Waals surface area contributed by atoms with Crippen molar-refractivity contribution in [2.45, 2.75) is 78.9 Å². The van der Waals surface area contributed by atoms with Crippen LogP contribution in [0.25, 0.3) is 0 Å². The first kappa shape index (κ1) is 25.8. The van der Waals surface area contributed by atoms with Gasteiger partial charge in [-0.05, 0) is 37.0 Å². The summed E-state index contributed by atoms with van der Waals surface area (Å²) in [6.45, 7) is 11.4. The minimum atomic E-state index is -4.74. The van der Waals surface area contributed by atoms with Crippen LogP contribution in [0.3, 0.4) is 0 Å². The Labute approximate surface area is 163 Å². The van der Waals surface area contributed by atoms with Crippen LogP contribution in [-0.4, -0.2) is 44.1 Å². The number of carbonyl (C=O) groups excluding carboxylic acids is 2. The number of halogens is 1. The zero-order valence-corrected chi connectivity index (χ0v) is 18.1. The van der Waals surface area contributed by atoms with E-state index in [0.29, 0.717) is 19.3 Å². The Morgan fingerprint density at radius 2 is 1.33 bits per heavy atom. The average molecular weight is 410 g/mol. The molecule has 0 aliphatic heterocycles. The lowest BCUT2D eigenvalue weighted by atomic mass is 9.99. The minimum Gasteiger partial charge on any atom is -0.350 e. The van der Waals surface area contributed by atoms with Gasteiger partial charge in [0.25, 0.3) is 0 Å². The molecule has 0 aromatic rings. The molecule has 0 bridgehead atoms.